The summed E-state index contributed by atoms with van der Waals surface area (Å²) in [4.78, 5) is 10.7. The van der Waals surface area contributed by atoms with Crippen molar-refractivity contribution in [3.8, 4) is 0 Å². The maximum Gasteiger partial charge on any atom is 0.377 e. The Morgan fingerprint density at radius 2 is 2.00 bits per heavy atom. The number of alkyl halides is 2. The third kappa shape index (κ3) is 2.75. The molecule has 0 aromatic heterocycles. The third-order valence-corrected chi connectivity index (χ3v) is 1.43. The average molecular weight is 180 g/mol. The maximum atomic E-state index is 12.8. The molecule has 0 aromatic rings. The Balaban J connectivity index is 4.07. The first-order valence-electron chi connectivity index (χ1n) is 3.98. The van der Waals surface area contributed by atoms with Crippen LogP contribution in [0.5, 0.6) is 0 Å². The largest absolute Gasteiger partial charge is 0.461 e. The second-order valence-corrected chi connectivity index (χ2v) is 2.91. The minimum Gasteiger partial charge on any atom is -0.461 e. The summed E-state index contributed by atoms with van der Waals surface area (Å²) >= 11 is 0. The molecular formula is C8H14F2O2. The Labute approximate surface area is 70.9 Å². The highest BCUT2D eigenvalue weighted by molar-refractivity contribution is 5.77. The summed E-state index contributed by atoms with van der Waals surface area (Å²) in [6.07, 6.45) is 0.555. The van der Waals surface area contributed by atoms with Crippen LogP contribution in [0, 0.1) is 5.92 Å². The molecule has 12 heavy (non-hydrogen) atoms. The molecule has 0 saturated heterocycles. The molecule has 0 spiro atoms. The van der Waals surface area contributed by atoms with Crippen LogP contribution in [-0.4, -0.2) is 18.5 Å². The molecule has 0 rings (SSSR count). The molecule has 4 heteroatoms. The monoisotopic (exact) mass is 180 g/mol. The Morgan fingerprint density at radius 3 is 2.33 bits per heavy atom. The first-order valence-corrected chi connectivity index (χ1v) is 3.98. The van der Waals surface area contributed by atoms with Gasteiger partial charge in [0.1, 0.15) is 0 Å². The van der Waals surface area contributed by atoms with E-state index in [4.69, 9.17) is 0 Å². The lowest BCUT2D eigenvalue weighted by Gasteiger charge is -2.17. The van der Waals surface area contributed by atoms with E-state index in [0.29, 0.717) is 6.42 Å². The van der Waals surface area contributed by atoms with Gasteiger partial charge in [-0.05, 0) is 6.42 Å². The molecule has 0 bridgehead atoms. The number of esters is 1. The third-order valence-electron chi connectivity index (χ3n) is 1.43. The predicted molar refractivity (Wildman–Crippen MR) is 41.0 cm³/mol. The number of carbonyl (C=O) groups is 1. The quantitative estimate of drug-likeness (QED) is 0.620. The van der Waals surface area contributed by atoms with Crippen molar-refractivity contribution in [2.45, 2.75) is 33.1 Å². The summed E-state index contributed by atoms with van der Waals surface area (Å²) in [5.41, 5.74) is 0. The first kappa shape index (κ1) is 11.3. The highest BCUT2D eigenvalue weighted by atomic mass is 19.3. The standard InChI is InChI=1S/C8H14F2O2/c1-4-5-12-7(11)8(9,10)6(2)3/h6H,4-5H2,1-3H3. The smallest absolute Gasteiger partial charge is 0.377 e. The van der Waals surface area contributed by atoms with Gasteiger partial charge in [-0.1, -0.05) is 20.8 Å². The van der Waals surface area contributed by atoms with Crippen molar-refractivity contribution in [3.05, 3.63) is 0 Å². The number of halogens is 2. The molecule has 0 aliphatic heterocycles. The highest BCUT2D eigenvalue weighted by Gasteiger charge is 2.43. The molecule has 0 radical (unpaired) electrons. The fraction of sp³-hybridized carbons (Fsp3) is 0.875. The molecule has 0 aliphatic carbocycles. The fourth-order valence-electron chi connectivity index (χ4n) is 0.527. The summed E-state index contributed by atoms with van der Waals surface area (Å²) in [6, 6.07) is 0. The van der Waals surface area contributed by atoms with E-state index in [1.54, 1.807) is 6.92 Å². The van der Waals surface area contributed by atoms with Crippen molar-refractivity contribution in [2.75, 3.05) is 6.61 Å². The van der Waals surface area contributed by atoms with Crippen molar-refractivity contribution >= 4 is 5.97 Å². The topological polar surface area (TPSA) is 26.3 Å². The zero-order valence-corrected chi connectivity index (χ0v) is 7.56. The van der Waals surface area contributed by atoms with E-state index in [9.17, 15) is 13.6 Å². The van der Waals surface area contributed by atoms with E-state index in [2.05, 4.69) is 4.74 Å². The molecule has 0 amide bonds. The van der Waals surface area contributed by atoms with E-state index >= 15 is 0 Å². The lowest BCUT2D eigenvalue weighted by atomic mass is 10.1. The van der Waals surface area contributed by atoms with Gasteiger partial charge in [0.2, 0.25) is 0 Å². The van der Waals surface area contributed by atoms with Crippen LogP contribution in [0.15, 0.2) is 0 Å². The average Bonchev–Trinajstić information content (AvgIpc) is 1.99. The Kier molecular flexibility index (Phi) is 4.13. The zero-order chi connectivity index (χ0) is 9.78. The summed E-state index contributed by atoms with van der Waals surface area (Å²) < 4.78 is 29.9. The van der Waals surface area contributed by atoms with Crippen molar-refractivity contribution in [1.29, 1.82) is 0 Å². The Bertz CT molecular complexity index is 155. The van der Waals surface area contributed by atoms with Gasteiger partial charge < -0.3 is 4.74 Å². The molecule has 0 unspecified atom stereocenters. The minimum absolute atomic E-state index is 0.0567. The summed E-state index contributed by atoms with van der Waals surface area (Å²) in [5, 5.41) is 0. The van der Waals surface area contributed by atoms with Crippen molar-refractivity contribution in [2.24, 2.45) is 5.92 Å². The fourth-order valence-corrected chi connectivity index (χ4v) is 0.527. The molecule has 0 aromatic carbocycles. The molecule has 0 atom stereocenters. The predicted octanol–water partition coefficient (Wildman–Crippen LogP) is 2.23. The van der Waals surface area contributed by atoms with Crippen LogP contribution in [0.4, 0.5) is 8.78 Å². The first-order chi connectivity index (χ1) is 5.42. The van der Waals surface area contributed by atoms with Gasteiger partial charge >= 0.3 is 11.9 Å². The molecule has 2 nitrogen and oxygen atoms in total. The summed E-state index contributed by atoms with van der Waals surface area (Å²) in [6.45, 7) is 4.38. The van der Waals surface area contributed by atoms with Gasteiger partial charge in [0.05, 0.1) is 6.61 Å². The normalized spacial score (nSPS) is 11.8. The number of rotatable bonds is 4. The van der Waals surface area contributed by atoms with Crippen molar-refractivity contribution in [1.82, 2.24) is 0 Å². The van der Waals surface area contributed by atoms with Crippen LogP contribution in [-0.2, 0) is 9.53 Å². The molecule has 0 saturated carbocycles. The number of hydrogen-bond acceptors (Lipinski definition) is 2. The molecule has 72 valence electrons. The van der Waals surface area contributed by atoms with Crippen LogP contribution in [0.2, 0.25) is 0 Å². The van der Waals surface area contributed by atoms with E-state index in [-0.39, 0.29) is 6.61 Å². The summed E-state index contributed by atoms with van der Waals surface area (Å²) in [5.74, 6) is -5.78. The van der Waals surface area contributed by atoms with Gasteiger partial charge in [-0.25, -0.2) is 4.79 Å². The van der Waals surface area contributed by atoms with Gasteiger partial charge in [-0.3, -0.25) is 0 Å². The molecule has 0 N–H and O–H groups in total. The van der Waals surface area contributed by atoms with Crippen molar-refractivity contribution < 1.29 is 18.3 Å². The summed E-state index contributed by atoms with van der Waals surface area (Å²) in [7, 11) is 0. The maximum absolute atomic E-state index is 12.8. The van der Waals surface area contributed by atoms with Gasteiger partial charge in [0, 0.05) is 5.92 Å². The number of ether oxygens (including phenoxy) is 1. The zero-order valence-electron chi connectivity index (χ0n) is 7.56. The van der Waals surface area contributed by atoms with Crippen LogP contribution in [0.25, 0.3) is 0 Å². The highest BCUT2D eigenvalue weighted by Crippen LogP contribution is 2.25. The van der Waals surface area contributed by atoms with Crippen LogP contribution in [0.3, 0.4) is 0 Å². The second kappa shape index (κ2) is 4.38. The Morgan fingerprint density at radius 1 is 1.50 bits per heavy atom. The number of carbonyl (C=O) groups excluding carboxylic acids is 1. The van der Waals surface area contributed by atoms with E-state index in [1.807, 2.05) is 0 Å². The van der Waals surface area contributed by atoms with Crippen LogP contribution >= 0.6 is 0 Å². The van der Waals surface area contributed by atoms with Crippen LogP contribution < -0.4 is 0 Å². The SMILES string of the molecule is CCCOC(=O)C(F)(F)C(C)C. The number of hydrogen-bond donors (Lipinski definition) is 0. The van der Waals surface area contributed by atoms with Crippen molar-refractivity contribution in [3.63, 3.8) is 0 Å². The van der Waals surface area contributed by atoms with Gasteiger partial charge in [0.15, 0.2) is 0 Å². The van der Waals surface area contributed by atoms with Crippen LogP contribution in [0.1, 0.15) is 27.2 Å². The molecule has 0 heterocycles. The molecule has 0 fully saturated rings. The Hall–Kier alpha value is -0.670. The van der Waals surface area contributed by atoms with Gasteiger partial charge in [-0.2, -0.15) is 8.78 Å². The molecular weight excluding hydrogens is 166 g/mol. The van der Waals surface area contributed by atoms with E-state index in [1.165, 1.54) is 13.8 Å². The lowest BCUT2D eigenvalue weighted by molar-refractivity contribution is -0.178. The van der Waals surface area contributed by atoms with E-state index < -0.39 is 17.8 Å². The lowest BCUT2D eigenvalue weighted by Crippen LogP contribution is -2.36. The minimum atomic E-state index is -3.35. The van der Waals surface area contributed by atoms with Gasteiger partial charge in [0.25, 0.3) is 0 Å². The van der Waals surface area contributed by atoms with E-state index in [0.717, 1.165) is 0 Å². The molecule has 0 aliphatic rings. The second-order valence-electron chi connectivity index (χ2n) is 2.91. The van der Waals surface area contributed by atoms with Gasteiger partial charge in [-0.15, -0.1) is 0 Å².